The number of nitrogens with zero attached hydrogens (tertiary/aromatic N) is 2. The number of piperazine rings is 1. The average molecular weight is 453 g/mol. The molecule has 1 aromatic rings. The summed E-state index contributed by atoms with van der Waals surface area (Å²) in [5.74, 6) is -0.0929. The molecule has 0 spiro atoms. The fourth-order valence-electron chi connectivity index (χ4n) is 3.56. The second kappa shape index (κ2) is 11.1. The van der Waals surface area contributed by atoms with Crippen molar-refractivity contribution in [1.82, 2.24) is 19.8 Å². The van der Waals surface area contributed by atoms with Crippen molar-refractivity contribution < 1.29 is 18.0 Å². The van der Waals surface area contributed by atoms with Gasteiger partial charge >= 0.3 is 0 Å². The van der Waals surface area contributed by atoms with Crippen molar-refractivity contribution in [3.8, 4) is 0 Å². The molecule has 1 aliphatic heterocycles. The molecule has 0 aliphatic carbocycles. The largest absolute Gasteiger partial charge is 0.353 e. The minimum absolute atomic E-state index is 0.0293. The highest BCUT2D eigenvalue weighted by Gasteiger charge is 2.32. The summed E-state index contributed by atoms with van der Waals surface area (Å²) >= 11 is 0. The maximum absolute atomic E-state index is 13.2. The topological polar surface area (TPSA) is 98.8 Å². The molecule has 0 aromatic heterocycles. The van der Waals surface area contributed by atoms with Crippen LogP contribution < -0.4 is 10.0 Å². The number of aryl methyl sites for hydroxylation is 1. The molecule has 8 nitrogen and oxygen atoms in total. The lowest BCUT2D eigenvalue weighted by molar-refractivity contribution is -0.135. The second-order valence-corrected chi connectivity index (χ2v) is 10.7. The van der Waals surface area contributed by atoms with Gasteiger partial charge in [0.25, 0.3) is 0 Å². The van der Waals surface area contributed by atoms with Crippen molar-refractivity contribution in [1.29, 1.82) is 0 Å². The summed E-state index contributed by atoms with van der Waals surface area (Å²) in [6.45, 7) is 12.0. The van der Waals surface area contributed by atoms with Crippen molar-refractivity contribution in [3.63, 3.8) is 0 Å². The Kier molecular flexibility index (Phi) is 9.02. The van der Waals surface area contributed by atoms with Gasteiger partial charge in [0.2, 0.25) is 21.8 Å². The number of hydrogen-bond acceptors (Lipinski definition) is 5. The van der Waals surface area contributed by atoms with Gasteiger partial charge in [-0.25, -0.2) is 8.42 Å². The van der Waals surface area contributed by atoms with Crippen molar-refractivity contribution >= 4 is 21.8 Å². The second-order valence-electron chi connectivity index (χ2n) is 8.94. The highest BCUT2D eigenvalue weighted by Crippen LogP contribution is 2.16. The number of carbonyl (C=O) groups is 2. The van der Waals surface area contributed by atoms with E-state index in [-0.39, 0.29) is 28.7 Å². The smallest absolute Gasteiger partial charge is 0.241 e. The van der Waals surface area contributed by atoms with Crippen LogP contribution >= 0.6 is 0 Å². The molecule has 31 heavy (non-hydrogen) atoms. The summed E-state index contributed by atoms with van der Waals surface area (Å²) in [5, 5.41) is 2.87. The van der Waals surface area contributed by atoms with Gasteiger partial charge in [0.15, 0.2) is 0 Å². The Hall–Kier alpha value is -1.97. The van der Waals surface area contributed by atoms with E-state index in [0.29, 0.717) is 39.1 Å². The van der Waals surface area contributed by atoms with E-state index >= 15 is 0 Å². The molecule has 1 fully saturated rings. The van der Waals surface area contributed by atoms with Gasteiger partial charge in [0, 0.05) is 32.2 Å². The van der Waals surface area contributed by atoms with Gasteiger partial charge in [-0.2, -0.15) is 4.72 Å². The summed E-state index contributed by atoms with van der Waals surface area (Å²) in [6.07, 6.45) is 0.418. The van der Waals surface area contributed by atoms with Crippen molar-refractivity contribution in [3.05, 3.63) is 29.8 Å². The molecule has 0 saturated carbocycles. The van der Waals surface area contributed by atoms with Gasteiger partial charge in [-0.05, 0) is 45.2 Å². The predicted molar refractivity (Wildman–Crippen MR) is 121 cm³/mol. The third-order valence-corrected chi connectivity index (χ3v) is 6.62. The summed E-state index contributed by atoms with van der Waals surface area (Å²) < 4.78 is 28.3. The van der Waals surface area contributed by atoms with E-state index in [0.717, 1.165) is 5.56 Å². The van der Waals surface area contributed by atoms with Crippen LogP contribution in [0.2, 0.25) is 0 Å². The van der Waals surface area contributed by atoms with Gasteiger partial charge < -0.3 is 10.2 Å². The average Bonchev–Trinajstić information content (AvgIpc) is 2.66. The summed E-state index contributed by atoms with van der Waals surface area (Å²) in [5.41, 5.74) is 0.966. The molecule has 1 saturated heterocycles. The fraction of sp³-hybridized carbons (Fsp3) is 0.636. The van der Waals surface area contributed by atoms with Gasteiger partial charge in [-0.15, -0.1) is 0 Å². The van der Waals surface area contributed by atoms with Crippen LogP contribution in [0.15, 0.2) is 29.2 Å². The third-order valence-electron chi connectivity index (χ3n) is 5.13. The SMILES string of the molecule is Cc1ccc(S(=O)(=O)NC(CC(C)C)C(=O)N2CCN(CC(=O)NC(C)C)CC2)cc1. The highest BCUT2D eigenvalue weighted by atomic mass is 32.2. The molecule has 174 valence electrons. The van der Waals surface area contributed by atoms with E-state index in [1.165, 1.54) is 0 Å². The fourth-order valence-corrected chi connectivity index (χ4v) is 4.76. The van der Waals surface area contributed by atoms with Crippen LogP contribution in [0.3, 0.4) is 0 Å². The zero-order chi connectivity index (χ0) is 23.2. The van der Waals surface area contributed by atoms with E-state index in [2.05, 4.69) is 10.0 Å². The Morgan fingerprint density at radius 1 is 1.00 bits per heavy atom. The summed E-state index contributed by atoms with van der Waals surface area (Å²) in [6, 6.07) is 5.85. The zero-order valence-electron chi connectivity index (χ0n) is 19.2. The van der Waals surface area contributed by atoms with Crippen LogP contribution in [0, 0.1) is 12.8 Å². The van der Waals surface area contributed by atoms with Crippen molar-refractivity contribution in [2.75, 3.05) is 32.7 Å². The van der Waals surface area contributed by atoms with Gasteiger partial charge in [0.05, 0.1) is 11.4 Å². The molecule has 1 aromatic carbocycles. The molecule has 9 heteroatoms. The van der Waals surface area contributed by atoms with Crippen LogP contribution in [-0.2, 0) is 19.6 Å². The van der Waals surface area contributed by atoms with Gasteiger partial charge in [-0.3, -0.25) is 14.5 Å². The summed E-state index contributed by atoms with van der Waals surface area (Å²) in [7, 11) is -3.80. The monoisotopic (exact) mass is 452 g/mol. The van der Waals surface area contributed by atoms with Crippen molar-refractivity contribution in [2.24, 2.45) is 5.92 Å². The molecule has 2 amide bonds. The number of hydrogen-bond donors (Lipinski definition) is 2. The molecule has 0 bridgehead atoms. The Bertz CT molecular complexity index is 845. The Morgan fingerprint density at radius 3 is 2.10 bits per heavy atom. The van der Waals surface area contributed by atoms with Crippen LogP contribution in [0.4, 0.5) is 0 Å². The van der Waals surface area contributed by atoms with E-state index in [4.69, 9.17) is 0 Å². The minimum atomic E-state index is -3.80. The zero-order valence-corrected chi connectivity index (χ0v) is 20.0. The lowest BCUT2D eigenvalue weighted by atomic mass is 10.0. The molecule has 2 rings (SSSR count). The van der Waals surface area contributed by atoms with Crippen molar-refractivity contribution in [2.45, 2.75) is 58.0 Å². The minimum Gasteiger partial charge on any atom is -0.353 e. The number of carbonyl (C=O) groups excluding carboxylic acids is 2. The molecule has 1 atom stereocenters. The van der Waals surface area contributed by atoms with Crippen LogP contribution in [-0.4, -0.2) is 74.8 Å². The molecule has 1 unspecified atom stereocenters. The Morgan fingerprint density at radius 2 is 1.58 bits per heavy atom. The summed E-state index contributed by atoms with van der Waals surface area (Å²) in [4.78, 5) is 29.0. The van der Waals surface area contributed by atoms with E-state index in [1.807, 2.05) is 39.5 Å². The quantitative estimate of drug-likeness (QED) is 0.589. The van der Waals surface area contributed by atoms with Gasteiger partial charge in [-0.1, -0.05) is 31.5 Å². The lowest BCUT2D eigenvalue weighted by Gasteiger charge is -2.36. The highest BCUT2D eigenvalue weighted by molar-refractivity contribution is 7.89. The van der Waals surface area contributed by atoms with E-state index < -0.39 is 16.1 Å². The predicted octanol–water partition coefficient (Wildman–Crippen LogP) is 1.36. The van der Waals surface area contributed by atoms with Crippen LogP contribution in [0.25, 0.3) is 0 Å². The molecular formula is C22H36N4O4S. The molecule has 0 radical (unpaired) electrons. The first-order valence-electron chi connectivity index (χ1n) is 10.9. The van der Waals surface area contributed by atoms with E-state index in [9.17, 15) is 18.0 Å². The molecule has 2 N–H and O–H groups in total. The maximum atomic E-state index is 13.2. The Balaban J connectivity index is 2.02. The van der Waals surface area contributed by atoms with E-state index in [1.54, 1.807) is 29.2 Å². The maximum Gasteiger partial charge on any atom is 0.241 e. The lowest BCUT2D eigenvalue weighted by Crippen LogP contribution is -2.56. The molecule has 1 aliphatic rings. The third kappa shape index (κ3) is 7.90. The standard InChI is InChI=1S/C22H36N4O4S/c1-16(2)14-20(24-31(29,30)19-8-6-18(5)7-9-19)22(28)26-12-10-25(11-13-26)15-21(27)23-17(3)4/h6-9,16-17,20,24H,10-15H2,1-5H3,(H,23,27). The van der Waals surface area contributed by atoms with Crippen LogP contribution in [0.5, 0.6) is 0 Å². The molecule has 1 heterocycles. The first-order chi connectivity index (χ1) is 14.5. The molecular weight excluding hydrogens is 416 g/mol. The Labute approximate surface area is 186 Å². The number of benzene rings is 1. The van der Waals surface area contributed by atoms with Crippen LogP contribution in [0.1, 0.15) is 39.7 Å². The normalized spacial score (nSPS) is 16.5. The number of amides is 2. The number of rotatable bonds is 9. The number of sulfonamides is 1. The first kappa shape index (κ1) is 25.3. The first-order valence-corrected chi connectivity index (χ1v) is 12.4. The number of nitrogens with one attached hydrogen (secondary N) is 2. The van der Waals surface area contributed by atoms with Gasteiger partial charge in [0.1, 0.15) is 6.04 Å².